The van der Waals surface area contributed by atoms with E-state index in [4.69, 9.17) is 21.4 Å². The number of hydrogen-bond acceptors (Lipinski definition) is 3. The summed E-state index contributed by atoms with van der Waals surface area (Å²) in [6.45, 7) is 3.82. The Balaban J connectivity index is 2.00. The summed E-state index contributed by atoms with van der Waals surface area (Å²) < 4.78 is 5.55. The molecular formula is C17H22ClNO4. The molecule has 6 heteroatoms. The molecule has 5 nitrogen and oxygen atoms in total. The van der Waals surface area contributed by atoms with Crippen molar-refractivity contribution in [1.82, 2.24) is 0 Å². The number of ether oxygens (including phenoxy) is 1. The molecule has 23 heavy (non-hydrogen) atoms. The minimum Gasteiger partial charge on any atom is -0.489 e. The predicted molar refractivity (Wildman–Crippen MR) is 88.9 cm³/mol. The molecule has 2 N–H and O–H groups in total. The molecule has 1 aromatic rings. The lowest BCUT2D eigenvalue weighted by Gasteiger charge is -2.25. The molecule has 0 heterocycles. The van der Waals surface area contributed by atoms with Crippen molar-refractivity contribution in [3.63, 3.8) is 0 Å². The van der Waals surface area contributed by atoms with Gasteiger partial charge in [0.1, 0.15) is 5.75 Å². The number of hydrogen-bond donors (Lipinski definition) is 2. The number of benzene rings is 1. The molecular weight excluding hydrogens is 318 g/mol. The van der Waals surface area contributed by atoms with Gasteiger partial charge in [-0.1, -0.05) is 18.0 Å². The molecule has 0 spiro atoms. The number of halogens is 1. The van der Waals surface area contributed by atoms with Gasteiger partial charge in [-0.2, -0.15) is 0 Å². The van der Waals surface area contributed by atoms with Gasteiger partial charge in [-0.3, -0.25) is 9.59 Å². The molecule has 126 valence electrons. The third-order valence-corrected chi connectivity index (χ3v) is 4.25. The van der Waals surface area contributed by atoms with E-state index in [9.17, 15) is 9.59 Å². The number of carbonyl (C=O) groups excluding carboxylic acids is 1. The number of nitrogens with one attached hydrogen (secondary N) is 1. The highest BCUT2D eigenvalue weighted by molar-refractivity contribution is 6.32. The van der Waals surface area contributed by atoms with Crippen LogP contribution in [0.25, 0.3) is 0 Å². The van der Waals surface area contributed by atoms with Crippen LogP contribution >= 0.6 is 11.6 Å². The second kappa shape index (κ2) is 7.68. The van der Waals surface area contributed by atoms with Gasteiger partial charge >= 0.3 is 5.97 Å². The van der Waals surface area contributed by atoms with Crippen LogP contribution in [-0.4, -0.2) is 23.1 Å². The van der Waals surface area contributed by atoms with Crippen molar-refractivity contribution in [3.8, 4) is 5.75 Å². The van der Waals surface area contributed by atoms with Crippen molar-refractivity contribution in [1.29, 1.82) is 0 Å². The second-order valence-corrected chi connectivity index (χ2v) is 6.61. The SMILES string of the molecule is CC(C)Oc1ccc(NC(=O)C2CCCC(C(=O)O)C2)cc1Cl. The van der Waals surface area contributed by atoms with Gasteiger partial charge in [0.05, 0.1) is 17.0 Å². The first-order chi connectivity index (χ1) is 10.9. The molecule has 2 rings (SSSR count). The van der Waals surface area contributed by atoms with Crippen LogP contribution < -0.4 is 10.1 Å². The van der Waals surface area contributed by atoms with Gasteiger partial charge in [0, 0.05) is 11.6 Å². The Hall–Kier alpha value is -1.75. The Morgan fingerprint density at radius 3 is 2.61 bits per heavy atom. The minimum absolute atomic E-state index is 0.0168. The minimum atomic E-state index is -0.819. The first-order valence-corrected chi connectivity index (χ1v) is 8.24. The lowest BCUT2D eigenvalue weighted by Crippen LogP contribution is -2.30. The molecule has 0 aliphatic heterocycles. The summed E-state index contributed by atoms with van der Waals surface area (Å²) in [5.74, 6) is -1.09. The lowest BCUT2D eigenvalue weighted by molar-refractivity contribution is -0.143. The maximum Gasteiger partial charge on any atom is 0.306 e. The van der Waals surface area contributed by atoms with Crippen molar-refractivity contribution in [2.75, 3.05) is 5.32 Å². The van der Waals surface area contributed by atoms with Crippen LogP contribution in [0.1, 0.15) is 39.5 Å². The summed E-state index contributed by atoms with van der Waals surface area (Å²) in [7, 11) is 0. The van der Waals surface area contributed by atoms with Gasteiger partial charge in [0.2, 0.25) is 5.91 Å². The van der Waals surface area contributed by atoms with E-state index in [1.807, 2.05) is 13.8 Å². The Bertz CT molecular complexity index is 588. The normalized spacial score (nSPS) is 21.0. The van der Waals surface area contributed by atoms with Crippen molar-refractivity contribution < 1.29 is 19.4 Å². The molecule has 0 saturated heterocycles. The fraction of sp³-hybridized carbons (Fsp3) is 0.529. The molecule has 1 aromatic carbocycles. The monoisotopic (exact) mass is 339 g/mol. The Morgan fingerprint density at radius 2 is 2.00 bits per heavy atom. The van der Waals surface area contributed by atoms with Crippen molar-refractivity contribution in [3.05, 3.63) is 23.2 Å². The van der Waals surface area contributed by atoms with E-state index in [-0.39, 0.29) is 17.9 Å². The van der Waals surface area contributed by atoms with Crippen molar-refractivity contribution >= 4 is 29.2 Å². The van der Waals surface area contributed by atoms with E-state index >= 15 is 0 Å². The third kappa shape index (κ3) is 4.86. The Labute approximate surface area is 141 Å². The fourth-order valence-corrected chi connectivity index (χ4v) is 3.05. The highest BCUT2D eigenvalue weighted by Crippen LogP contribution is 2.32. The highest BCUT2D eigenvalue weighted by atomic mass is 35.5. The third-order valence-electron chi connectivity index (χ3n) is 3.96. The predicted octanol–water partition coefficient (Wildman–Crippen LogP) is 3.96. The van der Waals surface area contributed by atoms with E-state index < -0.39 is 11.9 Å². The molecule has 0 radical (unpaired) electrons. The van der Waals surface area contributed by atoms with E-state index in [1.54, 1.807) is 18.2 Å². The zero-order valence-electron chi connectivity index (χ0n) is 13.3. The molecule has 1 amide bonds. The van der Waals surface area contributed by atoms with Gasteiger partial charge in [-0.15, -0.1) is 0 Å². The first kappa shape index (κ1) is 17.6. The number of carboxylic acid groups (broad SMARTS) is 1. The summed E-state index contributed by atoms with van der Waals surface area (Å²) in [4.78, 5) is 23.4. The number of rotatable bonds is 5. The van der Waals surface area contributed by atoms with Gasteiger partial charge in [-0.05, 0) is 51.3 Å². The molecule has 0 bridgehead atoms. The van der Waals surface area contributed by atoms with Crippen LogP contribution in [0.4, 0.5) is 5.69 Å². The lowest BCUT2D eigenvalue weighted by atomic mass is 9.81. The summed E-state index contributed by atoms with van der Waals surface area (Å²) in [6.07, 6.45) is 2.54. The van der Waals surface area contributed by atoms with Crippen LogP contribution in [0.3, 0.4) is 0 Å². The van der Waals surface area contributed by atoms with Crippen molar-refractivity contribution in [2.24, 2.45) is 11.8 Å². The molecule has 1 aliphatic carbocycles. The van der Waals surface area contributed by atoms with E-state index in [1.165, 1.54) is 0 Å². The largest absolute Gasteiger partial charge is 0.489 e. The molecule has 1 fully saturated rings. The zero-order chi connectivity index (χ0) is 17.0. The standard InChI is InChI=1S/C17H22ClNO4/c1-10(2)23-15-7-6-13(9-14(15)18)19-16(20)11-4-3-5-12(8-11)17(21)22/h6-7,9-12H,3-5,8H2,1-2H3,(H,19,20)(H,21,22). The zero-order valence-corrected chi connectivity index (χ0v) is 14.1. The average molecular weight is 340 g/mol. The summed E-state index contributed by atoms with van der Waals surface area (Å²) in [6, 6.07) is 5.10. The number of carbonyl (C=O) groups is 2. The van der Waals surface area contributed by atoms with Crippen LogP contribution in [0.15, 0.2) is 18.2 Å². The first-order valence-electron chi connectivity index (χ1n) is 7.86. The van der Waals surface area contributed by atoms with Crippen LogP contribution in [0.5, 0.6) is 5.75 Å². The Morgan fingerprint density at radius 1 is 1.30 bits per heavy atom. The maximum absolute atomic E-state index is 12.3. The van der Waals surface area contributed by atoms with Crippen molar-refractivity contribution in [2.45, 2.75) is 45.6 Å². The molecule has 0 aromatic heterocycles. The van der Waals surface area contributed by atoms with Crippen LogP contribution in [0.2, 0.25) is 5.02 Å². The van der Waals surface area contributed by atoms with Gasteiger partial charge in [-0.25, -0.2) is 0 Å². The average Bonchev–Trinajstić information content (AvgIpc) is 2.49. The molecule has 2 unspecified atom stereocenters. The topological polar surface area (TPSA) is 75.6 Å². The van der Waals surface area contributed by atoms with Gasteiger partial charge in [0.15, 0.2) is 0 Å². The second-order valence-electron chi connectivity index (χ2n) is 6.20. The van der Waals surface area contributed by atoms with Gasteiger partial charge < -0.3 is 15.2 Å². The van der Waals surface area contributed by atoms with E-state index in [2.05, 4.69) is 5.32 Å². The van der Waals surface area contributed by atoms with Crippen LogP contribution in [0, 0.1) is 11.8 Å². The fourth-order valence-electron chi connectivity index (χ4n) is 2.82. The van der Waals surface area contributed by atoms with Crippen LogP contribution in [-0.2, 0) is 9.59 Å². The maximum atomic E-state index is 12.3. The molecule has 1 aliphatic rings. The molecule has 1 saturated carbocycles. The smallest absolute Gasteiger partial charge is 0.306 e. The van der Waals surface area contributed by atoms with Gasteiger partial charge in [0.25, 0.3) is 0 Å². The number of anilines is 1. The number of aliphatic carboxylic acids is 1. The summed E-state index contributed by atoms with van der Waals surface area (Å²) >= 11 is 6.15. The number of carboxylic acids is 1. The van der Waals surface area contributed by atoms with E-state index in [0.29, 0.717) is 29.3 Å². The molecule has 2 atom stereocenters. The quantitative estimate of drug-likeness (QED) is 0.851. The highest BCUT2D eigenvalue weighted by Gasteiger charge is 2.31. The Kier molecular flexibility index (Phi) is 5.88. The summed E-state index contributed by atoms with van der Waals surface area (Å²) in [5.41, 5.74) is 0.591. The van der Waals surface area contributed by atoms with E-state index in [0.717, 1.165) is 12.8 Å². The number of amides is 1. The summed E-state index contributed by atoms with van der Waals surface area (Å²) in [5, 5.41) is 12.4.